The highest BCUT2D eigenvalue weighted by Gasteiger charge is 2.28. The van der Waals surface area contributed by atoms with Crippen LogP contribution in [0.1, 0.15) is 18.9 Å². The molecule has 0 saturated carbocycles. The summed E-state index contributed by atoms with van der Waals surface area (Å²) in [4.78, 5) is 0. The molecule has 0 aliphatic carbocycles. The van der Waals surface area contributed by atoms with Crippen LogP contribution in [-0.4, -0.2) is 13.1 Å². The summed E-state index contributed by atoms with van der Waals surface area (Å²) in [5.74, 6) is 0. The number of hydrogen-bond acceptors (Lipinski definition) is 1. The summed E-state index contributed by atoms with van der Waals surface area (Å²) >= 11 is 3.46. The zero-order valence-corrected chi connectivity index (χ0v) is 10.1. The Morgan fingerprint density at radius 2 is 2.07 bits per heavy atom. The second-order valence-corrected chi connectivity index (χ2v) is 5.46. The van der Waals surface area contributed by atoms with Crippen molar-refractivity contribution < 1.29 is 0 Å². The van der Waals surface area contributed by atoms with Crippen molar-refractivity contribution in [3.8, 4) is 0 Å². The normalized spacial score (nSPS) is 26.7. The lowest BCUT2D eigenvalue weighted by molar-refractivity contribution is 0.363. The van der Waals surface area contributed by atoms with Gasteiger partial charge in [-0.15, -0.1) is 0 Å². The molecule has 2 heteroatoms. The van der Waals surface area contributed by atoms with Gasteiger partial charge in [-0.05, 0) is 42.5 Å². The summed E-state index contributed by atoms with van der Waals surface area (Å²) in [5.41, 5.74) is 1.91. The van der Waals surface area contributed by atoms with Gasteiger partial charge in [-0.25, -0.2) is 0 Å². The van der Waals surface area contributed by atoms with Crippen molar-refractivity contribution in [2.24, 2.45) is 5.41 Å². The van der Waals surface area contributed by atoms with Gasteiger partial charge in [0.15, 0.2) is 0 Å². The van der Waals surface area contributed by atoms with Crippen LogP contribution >= 0.6 is 15.9 Å². The molecular formula is C12H16BrN. The first-order valence-electron chi connectivity index (χ1n) is 5.13. The summed E-state index contributed by atoms with van der Waals surface area (Å²) in [6.45, 7) is 4.70. The van der Waals surface area contributed by atoms with Crippen LogP contribution in [0.15, 0.2) is 28.7 Å². The molecule has 1 unspecified atom stereocenters. The van der Waals surface area contributed by atoms with Crippen molar-refractivity contribution in [2.75, 3.05) is 13.1 Å². The third kappa shape index (κ3) is 2.37. The fraction of sp³-hybridized carbons (Fsp3) is 0.500. The molecule has 1 aromatic rings. The highest BCUT2D eigenvalue weighted by Crippen LogP contribution is 2.29. The molecule has 1 N–H and O–H groups in total. The molecule has 1 saturated heterocycles. The molecule has 1 fully saturated rings. The number of rotatable bonds is 2. The van der Waals surface area contributed by atoms with E-state index in [2.05, 4.69) is 52.4 Å². The van der Waals surface area contributed by atoms with Gasteiger partial charge in [0.1, 0.15) is 0 Å². The molecule has 2 rings (SSSR count). The lowest BCUT2D eigenvalue weighted by atomic mass is 9.83. The Balaban J connectivity index is 2.06. The van der Waals surface area contributed by atoms with Crippen molar-refractivity contribution in [1.29, 1.82) is 0 Å². The van der Waals surface area contributed by atoms with Gasteiger partial charge in [0.2, 0.25) is 0 Å². The second-order valence-electron chi connectivity index (χ2n) is 4.54. The summed E-state index contributed by atoms with van der Waals surface area (Å²) in [5, 5.41) is 3.44. The Morgan fingerprint density at radius 1 is 1.36 bits per heavy atom. The van der Waals surface area contributed by atoms with Crippen LogP contribution in [0.5, 0.6) is 0 Å². The third-order valence-electron chi connectivity index (χ3n) is 3.00. The minimum absolute atomic E-state index is 0.466. The van der Waals surface area contributed by atoms with Gasteiger partial charge in [-0.1, -0.05) is 35.0 Å². The monoisotopic (exact) mass is 253 g/mol. The van der Waals surface area contributed by atoms with Gasteiger partial charge in [0, 0.05) is 11.0 Å². The second kappa shape index (κ2) is 4.03. The van der Waals surface area contributed by atoms with Crippen LogP contribution in [0.4, 0.5) is 0 Å². The molecule has 1 heterocycles. The van der Waals surface area contributed by atoms with Crippen LogP contribution in [0.25, 0.3) is 0 Å². The third-order valence-corrected chi connectivity index (χ3v) is 3.53. The summed E-state index contributed by atoms with van der Waals surface area (Å²) < 4.78 is 1.16. The smallest absolute Gasteiger partial charge is 0.0175 e. The van der Waals surface area contributed by atoms with E-state index in [0.717, 1.165) is 11.0 Å². The van der Waals surface area contributed by atoms with Crippen molar-refractivity contribution in [1.82, 2.24) is 5.32 Å². The molecular weight excluding hydrogens is 238 g/mol. The van der Waals surface area contributed by atoms with Gasteiger partial charge in [-0.3, -0.25) is 0 Å². The van der Waals surface area contributed by atoms with E-state index in [1.54, 1.807) is 0 Å². The summed E-state index contributed by atoms with van der Waals surface area (Å²) in [6, 6.07) is 8.68. The van der Waals surface area contributed by atoms with E-state index >= 15 is 0 Å². The zero-order valence-electron chi connectivity index (χ0n) is 8.52. The number of halogens is 1. The molecule has 1 nitrogen and oxygen atoms in total. The average Bonchev–Trinajstić information content (AvgIpc) is 2.57. The fourth-order valence-electron chi connectivity index (χ4n) is 2.11. The Kier molecular flexibility index (Phi) is 2.93. The van der Waals surface area contributed by atoms with Crippen LogP contribution in [0, 0.1) is 5.41 Å². The largest absolute Gasteiger partial charge is 0.316 e. The Hall–Kier alpha value is -0.340. The molecule has 76 valence electrons. The van der Waals surface area contributed by atoms with E-state index in [9.17, 15) is 0 Å². The van der Waals surface area contributed by atoms with Gasteiger partial charge in [0.25, 0.3) is 0 Å². The molecule has 0 aromatic heterocycles. The maximum absolute atomic E-state index is 3.46. The van der Waals surface area contributed by atoms with Crippen LogP contribution in [0.3, 0.4) is 0 Å². The van der Waals surface area contributed by atoms with Gasteiger partial charge in [0.05, 0.1) is 0 Å². The topological polar surface area (TPSA) is 12.0 Å². The Bertz CT molecular complexity index is 299. The first kappa shape index (κ1) is 10.2. The fourth-order valence-corrected chi connectivity index (χ4v) is 2.38. The van der Waals surface area contributed by atoms with E-state index in [1.807, 2.05) is 0 Å². The zero-order chi connectivity index (χ0) is 10.0. The predicted molar refractivity (Wildman–Crippen MR) is 63.4 cm³/mol. The maximum atomic E-state index is 3.46. The SMILES string of the molecule is CC1(Cc2ccc(Br)cc2)CCNC1. The summed E-state index contributed by atoms with van der Waals surface area (Å²) in [6.07, 6.45) is 2.48. The highest BCUT2D eigenvalue weighted by molar-refractivity contribution is 9.10. The van der Waals surface area contributed by atoms with Crippen molar-refractivity contribution in [3.63, 3.8) is 0 Å². The van der Waals surface area contributed by atoms with E-state index in [0.29, 0.717) is 5.41 Å². The lowest BCUT2D eigenvalue weighted by Gasteiger charge is -2.22. The molecule has 0 radical (unpaired) electrons. The van der Waals surface area contributed by atoms with Crippen molar-refractivity contribution >= 4 is 15.9 Å². The van der Waals surface area contributed by atoms with E-state index in [-0.39, 0.29) is 0 Å². The molecule has 0 spiro atoms. The number of benzene rings is 1. The van der Waals surface area contributed by atoms with Crippen LogP contribution in [0.2, 0.25) is 0 Å². The van der Waals surface area contributed by atoms with E-state index in [1.165, 1.54) is 24.9 Å². The number of nitrogens with one attached hydrogen (secondary N) is 1. The molecule has 14 heavy (non-hydrogen) atoms. The maximum Gasteiger partial charge on any atom is 0.0175 e. The Labute approximate surface area is 94.0 Å². The molecule has 1 aliphatic rings. The van der Waals surface area contributed by atoms with E-state index in [4.69, 9.17) is 0 Å². The van der Waals surface area contributed by atoms with Crippen LogP contribution < -0.4 is 5.32 Å². The predicted octanol–water partition coefficient (Wildman–Crippen LogP) is 2.99. The quantitative estimate of drug-likeness (QED) is 0.855. The number of hydrogen-bond donors (Lipinski definition) is 1. The molecule has 1 aliphatic heterocycles. The molecule has 1 atom stereocenters. The minimum Gasteiger partial charge on any atom is -0.316 e. The first-order valence-corrected chi connectivity index (χ1v) is 5.92. The lowest BCUT2D eigenvalue weighted by Crippen LogP contribution is -2.22. The average molecular weight is 254 g/mol. The minimum atomic E-state index is 0.466. The van der Waals surface area contributed by atoms with Gasteiger partial charge < -0.3 is 5.32 Å². The summed E-state index contributed by atoms with van der Waals surface area (Å²) in [7, 11) is 0. The van der Waals surface area contributed by atoms with Gasteiger partial charge >= 0.3 is 0 Å². The molecule has 1 aromatic carbocycles. The molecule has 0 bridgehead atoms. The van der Waals surface area contributed by atoms with Gasteiger partial charge in [-0.2, -0.15) is 0 Å². The highest BCUT2D eigenvalue weighted by atomic mass is 79.9. The van der Waals surface area contributed by atoms with Crippen molar-refractivity contribution in [3.05, 3.63) is 34.3 Å². The van der Waals surface area contributed by atoms with E-state index < -0.39 is 0 Å². The standard InChI is InChI=1S/C12H16BrN/c1-12(6-7-14-9-12)8-10-2-4-11(13)5-3-10/h2-5,14H,6-9H2,1H3. The first-order chi connectivity index (χ1) is 6.68. The van der Waals surface area contributed by atoms with Crippen molar-refractivity contribution in [2.45, 2.75) is 19.8 Å². The molecule has 0 amide bonds. The van der Waals surface area contributed by atoms with Crippen LogP contribution in [-0.2, 0) is 6.42 Å². The Morgan fingerprint density at radius 3 is 2.64 bits per heavy atom.